The summed E-state index contributed by atoms with van der Waals surface area (Å²) < 4.78 is 33.2. The number of aliphatic imine (C=N–C) groups is 1. The number of nitrogens with two attached hydrogens (primary N) is 2. The van der Waals surface area contributed by atoms with E-state index in [4.69, 9.17) is 16.2 Å². The third-order valence-corrected chi connectivity index (χ3v) is 7.38. The highest BCUT2D eigenvalue weighted by molar-refractivity contribution is 7.89. The molecule has 0 saturated heterocycles. The van der Waals surface area contributed by atoms with Crippen LogP contribution in [0, 0.1) is 0 Å². The van der Waals surface area contributed by atoms with Crippen molar-refractivity contribution < 1.29 is 27.9 Å². The summed E-state index contributed by atoms with van der Waals surface area (Å²) in [6.07, 6.45) is 2.03. The molecule has 40 heavy (non-hydrogen) atoms. The minimum atomic E-state index is -4.13. The maximum absolute atomic E-state index is 12.8. The van der Waals surface area contributed by atoms with E-state index >= 15 is 0 Å². The number of nitrogens with one attached hydrogen (secondary N) is 1. The standard InChI is InChI=1S/C24H28N6O7S.C2H6/c1-29(38(35,36)19-6-3-2-4-7-19)20(23(33)34)14-28-22(32)16-12-17-8-9-18(15-30(17)21(31)13-16)37-11-5-10-27-24(25)26;1-2/h2-4,6-9,12-13,15,20H,5,10-11,14H2,1H3,(H,28,32)(H,33,34)(H4,25,26,27);1-2H3. The van der Waals surface area contributed by atoms with Crippen molar-refractivity contribution in [1.82, 2.24) is 14.0 Å². The van der Waals surface area contributed by atoms with Crippen LogP contribution in [0.2, 0.25) is 0 Å². The molecule has 3 rings (SSSR count). The van der Waals surface area contributed by atoms with E-state index in [1.807, 2.05) is 13.8 Å². The molecular formula is C26H34N6O7S. The molecule has 1 atom stereocenters. The van der Waals surface area contributed by atoms with Crippen LogP contribution in [-0.4, -0.2) is 72.9 Å². The lowest BCUT2D eigenvalue weighted by atomic mass is 10.2. The Kier molecular flexibility index (Phi) is 11.6. The average molecular weight is 575 g/mol. The highest BCUT2D eigenvalue weighted by Gasteiger charge is 2.33. The first-order valence-electron chi connectivity index (χ1n) is 12.4. The van der Waals surface area contributed by atoms with Crippen LogP contribution in [0.1, 0.15) is 30.6 Å². The van der Waals surface area contributed by atoms with Crippen LogP contribution in [0.25, 0.3) is 5.52 Å². The lowest BCUT2D eigenvalue weighted by Gasteiger charge is -2.24. The molecule has 1 amide bonds. The van der Waals surface area contributed by atoms with Gasteiger partial charge in [-0.05, 0) is 30.3 Å². The number of nitrogens with zero attached hydrogens (tertiary/aromatic N) is 3. The van der Waals surface area contributed by atoms with Gasteiger partial charge >= 0.3 is 5.97 Å². The van der Waals surface area contributed by atoms with Crippen LogP contribution < -0.4 is 27.1 Å². The number of ether oxygens (including phenoxy) is 1. The molecule has 0 aliphatic heterocycles. The second-order valence-corrected chi connectivity index (χ2v) is 10.1. The second-order valence-electron chi connectivity index (χ2n) is 8.15. The Morgan fingerprint density at radius 1 is 1.12 bits per heavy atom. The maximum atomic E-state index is 12.8. The Morgan fingerprint density at radius 2 is 1.80 bits per heavy atom. The summed E-state index contributed by atoms with van der Waals surface area (Å²) in [4.78, 5) is 41.0. The van der Waals surface area contributed by atoms with Gasteiger partial charge in [-0.1, -0.05) is 32.0 Å². The number of benzene rings is 1. The van der Waals surface area contributed by atoms with Gasteiger partial charge in [-0.15, -0.1) is 0 Å². The first-order valence-corrected chi connectivity index (χ1v) is 13.8. The SMILES string of the molecule is CC.CN(C(CNC(=O)c1cc(=O)n2cc(OCCCN=C(N)N)ccc2c1)C(=O)O)S(=O)(=O)c1ccccc1. The molecule has 0 fully saturated rings. The van der Waals surface area contributed by atoms with Crippen molar-refractivity contribution >= 4 is 33.4 Å². The quantitative estimate of drug-likeness (QED) is 0.138. The molecule has 1 aromatic carbocycles. The molecule has 0 saturated carbocycles. The molecule has 2 aromatic heterocycles. The number of carboxylic acids is 1. The van der Waals surface area contributed by atoms with Gasteiger partial charge in [0.2, 0.25) is 10.0 Å². The first-order chi connectivity index (χ1) is 19.0. The van der Waals surface area contributed by atoms with Crippen LogP contribution in [0.15, 0.2) is 75.5 Å². The number of likely N-dealkylation sites (N-methyl/N-ethyl adjacent to an activating group) is 1. The summed E-state index contributed by atoms with van der Waals surface area (Å²) in [5.74, 6) is -1.77. The first kappa shape index (κ1) is 31.8. The summed E-state index contributed by atoms with van der Waals surface area (Å²) in [5.41, 5.74) is 10.4. The van der Waals surface area contributed by atoms with Crippen molar-refractivity contribution in [3.05, 3.63) is 76.7 Å². The number of fused-ring (bicyclic) bond motifs is 1. The molecule has 0 radical (unpaired) electrons. The Labute approximate surface area is 232 Å². The number of carbonyl (C=O) groups is 2. The molecule has 2 heterocycles. The largest absolute Gasteiger partial charge is 0.492 e. The van der Waals surface area contributed by atoms with E-state index in [0.717, 1.165) is 13.1 Å². The third-order valence-electron chi connectivity index (χ3n) is 5.50. The molecule has 1 unspecified atom stereocenters. The van der Waals surface area contributed by atoms with Crippen molar-refractivity contribution in [3.8, 4) is 5.75 Å². The lowest BCUT2D eigenvalue weighted by Crippen LogP contribution is -2.49. The number of hydrogen-bond donors (Lipinski definition) is 4. The lowest BCUT2D eigenvalue weighted by molar-refractivity contribution is -0.140. The Balaban J connectivity index is 0.00000274. The Bertz CT molecular complexity index is 1500. The number of carbonyl (C=O) groups excluding carboxylic acids is 1. The number of rotatable bonds is 12. The van der Waals surface area contributed by atoms with Gasteiger partial charge in [-0.3, -0.25) is 23.8 Å². The van der Waals surface area contributed by atoms with Gasteiger partial charge in [0, 0.05) is 43.7 Å². The zero-order chi connectivity index (χ0) is 29.9. The van der Waals surface area contributed by atoms with Gasteiger partial charge in [-0.25, -0.2) is 8.42 Å². The number of hydrogen-bond acceptors (Lipinski definition) is 7. The number of aliphatic carboxylic acids is 1. The number of amides is 1. The molecule has 0 aliphatic carbocycles. The minimum Gasteiger partial charge on any atom is -0.492 e. The van der Waals surface area contributed by atoms with Crippen LogP contribution >= 0.6 is 0 Å². The fourth-order valence-electron chi connectivity index (χ4n) is 3.47. The number of sulfonamides is 1. The molecular weight excluding hydrogens is 540 g/mol. The number of aromatic nitrogens is 1. The summed E-state index contributed by atoms with van der Waals surface area (Å²) in [6.45, 7) is 4.19. The van der Waals surface area contributed by atoms with Gasteiger partial charge in [-0.2, -0.15) is 4.31 Å². The highest BCUT2D eigenvalue weighted by Crippen LogP contribution is 2.17. The molecule has 0 aliphatic rings. The Morgan fingerprint density at radius 3 is 2.42 bits per heavy atom. The third kappa shape index (κ3) is 8.28. The Hall–Kier alpha value is -4.43. The van der Waals surface area contributed by atoms with Gasteiger partial charge in [0.1, 0.15) is 11.8 Å². The van der Waals surface area contributed by atoms with E-state index in [2.05, 4.69) is 10.3 Å². The highest BCUT2D eigenvalue weighted by atomic mass is 32.2. The molecule has 3 aromatic rings. The van der Waals surface area contributed by atoms with Crippen molar-refractivity contribution in [2.45, 2.75) is 31.2 Å². The topological polar surface area (TPSA) is 199 Å². The second kappa shape index (κ2) is 14.6. The predicted molar refractivity (Wildman–Crippen MR) is 151 cm³/mol. The van der Waals surface area contributed by atoms with E-state index in [9.17, 15) is 27.9 Å². The van der Waals surface area contributed by atoms with Gasteiger partial charge in [0.15, 0.2) is 5.96 Å². The number of carboxylic acid groups (broad SMARTS) is 1. The molecule has 14 heteroatoms. The van der Waals surface area contributed by atoms with E-state index < -0.39 is 40.0 Å². The van der Waals surface area contributed by atoms with E-state index in [1.54, 1.807) is 18.2 Å². The zero-order valence-corrected chi connectivity index (χ0v) is 23.3. The van der Waals surface area contributed by atoms with Crippen molar-refractivity contribution in [1.29, 1.82) is 0 Å². The predicted octanol–water partition coefficient (Wildman–Crippen LogP) is 0.872. The number of guanidine groups is 1. The van der Waals surface area contributed by atoms with Crippen LogP contribution in [0.3, 0.4) is 0 Å². The molecule has 216 valence electrons. The molecule has 13 nitrogen and oxygen atoms in total. The van der Waals surface area contributed by atoms with E-state index in [1.165, 1.54) is 40.9 Å². The molecule has 0 bridgehead atoms. The van der Waals surface area contributed by atoms with Gasteiger partial charge in [0.05, 0.1) is 17.7 Å². The summed E-state index contributed by atoms with van der Waals surface area (Å²) in [7, 11) is -3.01. The fraction of sp³-hybridized carbons (Fsp3) is 0.308. The van der Waals surface area contributed by atoms with Gasteiger partial charge < -0.3 is 26.6 Å². The zero-order valence-electron chi connectivity index (χ0n) is 22.5. The van der Waals surface area contributed by atoms with Crippen LogP contribution in [-0.2, 0) is 14.8 Å². The normalized spacial score (nSPS) is 11.7. The van der Waals surface area contributed by atoms with E-state index in [0.29, 0.717) is 35.1 Å². The van der Waals surface area contributed by atoms with Gasteiger partial charge in [0.25, 0.3) is 11.5 Å². The van der Waals surface area contributed by atoms with Crippen molar-refractivity contribution in [3.63, 3.8) is 0 Å². The smallest absolute Gasteiger partial charge is 0.323 e. The van der Waals surface area contributed by atoms with Crippen molar-refractivity contribution in [2.24, 2.45) is 16.5 Å². The summed E-state index contributed by atoms with van der Waals surface area (Å²) >= 11 is 0. The van der Waals surface area contributed by atoms with Crippen molar-refractivity contribution in [2.75, 3.05) is 26.7 Å². The summed E-state index contributed by atoms with van der Waals surface area (Å²) in [5, 5.41) is 12.0. The number of pyridine rings is 2. The monoisotopic (exact) mass is 574 g/mol. The van der Waals surface area contributed by atoms with Crippen LogP contribution in [0.5, 0.6) is 5.75 Å². The maximum Gasteiger partial charge on any atom is 0.323 e. The average Bonchev–Trinajstić information content (AvgIpc) is 2.94. The molecule has 6 N–H and O–H groups in total. The summed E-state index contributed by atoms with van der Waals surface area (Å²) in [6, 6.07) is 11.5. The van der Waals surface area contributed by atoms with Crippen LogP contribution in [0.4, 0.5) is 0 Å². The fourth-order valence-corrected chi connectivity index (χ4v) is 4.81. The van der Waals surface area contributed by atoms with E-state index in [-0.39, 0.29) is 16.4 Å². The molecule has 0 spiro atoms. The minimum absolute atomic E-state index is 0.00943.